The van der Waals surface area contributed by atoms with Crippen LogP contribution in [0.3, 0.4) is 0 Å². The van der Waals surface area contributed by atoms with Crippen LogP contribution in [0.2, 0.25) is 0 Å². The molecule has 8 heteroatoms. The van der Waals surface area contributed by atoms with E-state index in [0.717, 1.165) is 17.7 Å². The van der Waals surface area contributed by atoms with Gasteiger partial charge in [0.25, 0.3) is 0 Å². The Hall–Kier alpha value is -2.90. The highest BCUT2D eigenvalue weighted by atomic mass is 16.5. The molecule has 1 spiro atoms. The van der Waals surface area contributed by atoms with Crippen molar-refractivity contribution in [3.8, 4) is 5.75 Å². The third kappa shape index (κ3) is 4.11. The standard InChI is InChI=1S/C21H27N5O3/c1-15(26-14-22-13-23-26)11-19(27)24-17-12-21(8-7-20(28)25(2)10-9-21)29-18-6-4-3-5-16(17)18/h3-6,13-15,17H,7-12H2,1-2H3,(H,24,27)/t15-,17+,21+/m1/s1. The molecular weight excluding hydrogens is 370 g/mol. The van der Waals surface area contributed by atoms with Gasteiger partial charge in [-0.2, -0.15) is 5.10 Å². The molecule has 4 rings (SSSR count). The lowest BCUT2D eigenvalue weighted by Gasteiger charge is -2.42. The Bertz CT molecular complexity index is 884. The lowest BCUT2D eigenvalue weighted by Crippen LogP contribution is -2.46. The number of fused-ring (bicyclic) bond motifs is 1. The number of rotatable bonds is 4. The number of nitrogens with one attached hydrogen (secondary N) is 1. The molecule has 3 atom stereocenters. The van der Waals surface area contributed by atoms with Crippen LogP contribution in [0, 0.1) is 0 Å². The lowest BCUT2D eigenvalue weighted by atomic mass is 9.82. The van der Waals surface area contributed by atoms with E-state index in [-0.39, 0.29) is 23.9 Å². The summed E-state index contributed by atoms with van der Waals surface area (Å²) in [4.78, 5) is 30.7. The smallest absolute Gasteiger partial charge is 0.222 e. The second kappa shape index (κ2) is 7.85. The summed E-state index contributed by atoms with van der Waals surface area (Å²) in [6, 6.07) is 7.63. The van der Waals surface area contributed by atoms with Crippen LogP contribution in [-0.2, 0) is 9.59 Å². The van der Waals surface area contributed by atoms with Gasteiger partial charge in [0.15, 0.2) is 0 Å². The van der Waals surface area contributed by atoms with Gasteiger partial charge in [0.05, 0.1) is 12.1 Å². The summed E-state index contributed by atoms with van der Waals surface area (Å²) in [6.45, 7) is 2.60. The number of ether oxygens (including phenoxy) is 1. The Kier molecular flexibility index (Phi) is 5.25. The van der Waals surface area contributed by atoms with Crippen molar-refractivity contribution in [3.63, 3.8) is 0 Å². The van der Waals surface area contributed by atoms with Crippen molar-refractivity contribution in [1.82, 2.24) is 25.0 Å². The molecule has 1 aromatic heterocycles. The van der Waals surface area contributed by atoms with Crippen LogP contribution in [0.5, 0.6) is 5.75 Å². The van der Waals surface area contributed by atoms with Crippen LogP contribution < -0.4 is 10.1 Å². The maximum Gasteiger partial charge on any atom is 0.222 e. The number of carbonyl (C=O) groups is 2. The Labute approximate surface area is 170 Å². The first-order valence-corrected chi connectivity index (χ1v) is 10.1. The molecule has 154 valence electrons. The van der Waals surface area contributed by atoms with Gasteiger partial charge in [-0.25, -0.2) is 9.67 Å². The van der Waals surface area contributed by atoms with Crippen LogP contribution in [0.15, 0.2) is 36.9 Å². The van der Waals surface area contributed by atoms with Crippen molar-refractivity contribution in [2.75, 3.05) is 13.6 Å². The van der Waals surface area contributed by atoms with Crippen LogP contribution in [-0.4, -0.2) is 50.7 Å². The second-order valence-corrected chi connectivity index (χ2v) is 8.14. The van der Waals surface area contributed by atoms with Gasteiger partial charge in [0.2, 0.25) is 11.8 Å². The highest BCUT2D eigenvalue weighted by Gasteiger charge is 2.43. The first-order chi connectivity index (χ1) is 14.0. The van der Waals surface area contributed by atoms with E-state index in [2.05, 4.69) is 15.4 Å². The normalized spacial score (nSPS) is 25.1. The highest BCUT2D eigenvalue weighted by molar-refractivity contribution is 5.77. The van der Waals surface area contributed by atoms with E-state index in [4.69, 9.17) is 4.74 Å². The maximum atomic E-state index is 12.8. The van der Waals surface area contributed by atoms with Gasteiger partial charge in [0.1, 0.15) is 24.0 Å². The molecule has 0 radical (unpaired) electrons. The van der Waals surface area contributed by atoms with Crippen LogP contribution >= 0.6 is 0 Å². The zero-order chi connectivity index (χ0) is 20.4. The second-order valence-electron chi connectivity index (χ2n) is 8.14. The molecule has 0 unspecified atom stereocenters. The minimum absolute atomic E-state index is 0.0355. The number of amides is 2. The molecule has 1 fully saturated rings. The summed E-state index contributed by atoms with van der Waals surface area (Å²) in [5, 5.41) is 7.32. The Morgan fingerprint density at radius 2 is 2.21 bits per heavy atom. The first-order valence-electron chi connectivity index (χ1n) is 10.1. The highest BCUT2D eigenvalue weighted by Crippen LogP contribution is 2.44. The van der Waals surface area contributed by atoms with E-state index in [1.54, 1.807) is 15.9 Å². The van der Waals surface area contributed by atoms with Gasteiger partial charge in [-0.1, -0.05) is 18.2 Å². The zero-order valence-electron chi connectivity index (χ0n) is 16.9. The number of aromatic nitrogens is 3. The fourth-order valence-corrected chi connectivity index (χ4v) is 4.26. The predicted molar refractivity (Wildman–Crippen MR) is 106 cm³/mol. The van der Waals surface area contributed by atoms with Gasteiger partial charge in [-0.3, -0.25) is 9.59 Å². The molecule has 0 aliphatic carbocycles. The Morgan fingerprint density at radius 1 is 1.38 bits per heavy atom. The topological polar surface area (TPSA) is 89.4 Å². The van der Waals surface area contributed by atoms with Crippen molar-refractivity contribution in [3.05, 3.63) is 42.5 Å². The number of hydrogen-bond acceptors (Lipinski definition) is 5. The summed E-state index contributed by atoms with van der Waals surface area (Å²) in [5.74, 6) is 0.906. The van der Waals surface area contributed by atoms with Gasteiger partial charge < -0.3 is 15.0 Å². The fraction of sp³-hybridized carbons (Fsp3) is 0.524. The molecule has 29 heavy (non-hydrogen) atoms. The van der Waals surface area contributed by atoms with Gasteiger partial charge in [0, 0.05) is 44.8 Å². The average Bonchev–Trinajstić information content (AvgIpc) is 3.21. The molecule has 0 saturated carbocycles. The molecular formula is C21H27N5O3. The van der Waals surface area contributed by atoms with Crippen molar-refractivity contribution < 1.29 is 14.3 Å². The molecule has 2 amide bonds. The summed E-state index contributed by atoms with van der Waals surface area (Å²) >= 11 is 0. The van der Waals surface area contributed by atoms with Crippen molar-refractivity contribution >= 4 is 11.8 Å². The molecule has 2 aromatic rings. The number of benzene rings is 1. The molecule has 0 bridgehead atoms. The summed E-state index contributed by atoms with van der Waals surface area (Å²) in [5.41, 5.74) is 0.549. The van der Waals surface area contributed by atoms with Crippen molar-refractivity contribution in [2.45, 2.75) is 56.7 Å². The third-order valence-corrected chi connectivity index (χ3v) is 6.02. The Morgan fingerprint density at radius 3 is 3.00 bits per heavy atom. The summed E-state index contributed by atoms with van der Waals surface area (Å²) < 4.78 is 8.12. The minimum atomic E-state index is -0.440. The number of likely N-dealkylation sites (tertiary alicyclic amines) is 1. The van der Waals surface area contributed by atoms with E-state index in [1.165, 1.54) is 6.33 Å². The van der Waals surface area contributed by atoms with Crippen LogP contribution in [0.25, 0.3) is 0 Å². The fourth-order valence-electron chi connectivity index (χ4n) is 4.26. The predicted octanol–water partition coefficient (Wildman–Crippen LogP) is 2.25. The van der Waals surface area contributed by atoms with Crippen molar-refractivity contribution in [2.24, 2.45) is 0 Å². The van der Waals surface area contributed by atoms with Crippen LogP contribution in [0.1, 0.15) is 56.7 Å². The quantitative estimate of drug-likeness (QED) is 0.855. The maximum absolute atomic E-state index is 12.8. The Balaban J connectivity index is 1.52. The van der Waals surface area contributed by atoms with E-state index in [0.29, 0.717) is 32.2 Å². The number of hydrogen-bond donors (Lipinski definition) is 1. The molecule has 1 aromatic carbocycles. The molecule has 2 aliphatic rings. The molecule has 1 saturated heterocycles. The summed E-state index contributed by atoms with van der Waals surface area (Å²) in [6.07, 6.45) is 5.94. The van der Waals surface area contributed by atoms with E-state index in [9.17, 15) is 9.59 Å². The zero-order valence-corrected chi connectivity index (χ0v) is 16.9. The summed E-state index contributed by atoms with van der Waals surface area (Å²) in [7, 11) is 1.84. The molecule has 3 heterocycles. The van der Waals surface area contributed by atoms with E-state index < -0.39 is 5.60 Å². The minimum Gasteiger partial charge on any atom is -0.487 e. The van der Waals surface area contributed by atoms with Gasteiger partial charge in [-0.15, -0.1) is 0 Å². The average molecular weight is 397 g/mol. The molecule has 8 nitrogen and oxygen atoms in total. The third-order valence-electron chi connectivity index (χ3n) is 6.02. The van der Waals surface area contributed by atoms with Gasteiger partial charge >= 0.3 is 0 Å². The SMILES string of the molecule is C[C@H](CC(=O)N[C@H]1C[C@@]2(CCC(=O)N(C)CC2)Oc2ccccc21)n1cncn1. The largest absolute Gasteiger partial charge is 0.487 e. The first kappa shape index (κ1) is 19.4. The number of para-hydroxylation sites is 1. The molecule has 2 aliphatic heterocycles. The number of nitrogens with zero attached hydrogens (tertiary/aromatic N) is 4. The van der Waals surface area contributed by atoms with E-state index in [1.807, 2.05) is 38.2 Å². The number of carbonyl (C=O) groups excluding carboxylic acids is 2. The van der Waals surface area contributed by atoms with Crippen molar-refractivity contribution in [1.29, 1.82) is 0 Å². The lowest BCUT2D eigenvalue weighted by molar-refractivity contribution is -0.129. The van der Waals surface area contributed by atoms with Gasteiger partial charge in [-0.05, 0) is 19.4 Å². The monoisotopic (exact) mass is 397 g/mol. The molecule has 1 N–H and O–H groups in total. The van der Waals surface area contributed by atoms with E-state index >= 15 is 0 Å². The van der Waals surface area contributed by atoms with Crippen LogP contribution in [0.4, 0.5) is 0 Å².